The van der Waals surface area contributed by atoms with E-state index >= 15 is 0 Å². The van der Waals surface area contributed by atoms with Crippen LogP contribution in [0.25, 0.3) is 0 Å². The molecule has 1 aromatic rings. The van der Waals surface area contributed by atoms with Crippen molar-refractivity contribution < 1.29 is 39.4 Å². The fourth-order valence-electron chi connectivity index (χ4n) is 4.47. The fraction of sp³-hybridized carbons (Fsp3) is 0.581. The van der Waals surface area contributed by atoms with Crippen LogP contribution in [-0.4, -0.2) is 76.4 Å². The van der Waals surface area contributed by atoms with Gasteiger partial charge in [-0.05, 0) is 53.5 Å². The number of hydrogen-bond donors (Lipinski definition) is 4. The number of rotatable bonds is 12. The van der Waals surface area contributed by atoms with Gasteiger partial charge in [-0.25, -0.2) is 4.98 Å². The lowest BCUT2D eigenvalue weighted by Gasteiger charge is -2.39. The lowest BCUT2D eigenvalue weighted by atomic mass is 9.96. The van der Waals surface area contributed by atoms with Crippen molar-refractivity contribution in [3.05, 3.63) is 58.4 Å². The van der Waals surface area contributed by atoms with Gasteiger partial charge >= 0.3 is 0 Å². The van der Waals surface area contributed by atoms with E-state index in [-0.39, 0.29) is 23.3 Å². The first kappa shape index (κ1) is 33.5. The number of aliphatic hydroxyl groups excluding tert-OH is 4. The Kier molecular flexibility index (Phi) is 12.9. The molecule has 1 saturated heterocycles. The van der Waals surface area contributed by atoms with Crippen molar-refractivity contribution in [3.63, 3.8) is 0 Å². The lowest BCUT2D eigenvalue weighted by Crippen LogP contribution is -2.58. The summed E-state index contributed by atoms with van der Waals surface area (Å²) in [5.41, 5.74) is 4.54. The predicted molar refractivity (Wildman–Crippen MR) is 155 cm³/mol. The molecule has 0 spiro atoms. The Morgan fingerprint density at radius 3 is 2.33 bits per heavy atom. The molecule has 1 aliphatic heterocycles. The fourth-order valence-corrected chi connectivity index (χ4v) is 4.47. The topological polar surface area (TPSA) is 131 Å². The second kappa shape index (κ2) is 15.3. The first-order chi connectivity index (χ1) is 18.9. The molecule has 0 radical (unpaired) electrons. The third-order valence-electron chi connectivity index (χ3n) is 7.26. The molecule has 0 aromatic carbocycles. The van der Waals surface area contributed by atoms with Crippen molar-refractivity contribution in [3.8, 4) is 17.4 Å². The minimum absolute atomic E-state index is 0.0182. The van der Waals surface area contributed by atoms with E-state index in [0.717, 1.165) is 23.1 Å². The largest absolute Gasteiger partial charge is 0.489 e. The maximum atomic E-state index is 10.5. The van der Waals surface area contributed by atoms with E-state index in [2.05, 4.69) is 29.3 Å². The third kappa shape index (κ3) is 8.41. The Morgan fingerprint density at radius 1 is 1.05 bits per heavy atom. The quantitative estimate of drug-likeness (QED) is 0.221. The van der Waals surface area contributed by atoms with Gasteiger partial charge in [-0.1, -0.05) is 48.5 Å². The summed E-state index contributed by atoms with van der Waals surface area (Å²) in [4.78, 5) is 4.61. The van der Waals surface area contributed by atoms with Gasteiger partial charge in [-0.3, -0.25) is 0 Å². The van der Waals surface area contributed by atoms with Gasteiger partial charge in [0.15, 0.2) is 5.75 Å². The molecule has 1 aliphatic rings. The van der Waals surface area contributed by atoms with Crippen molar-refractivity contribution in [2.24, 2.45) is 5.92 Å². The summed E-state index contributed by atoms with van der Waals surface area (Å²) in [6.45, 7) is 13.3. The van der Waals surface area contributed by atoms with E-state index in [1.807, 2.05) is 47.6 Å². The average Bonchev–Trinajstić information content (AvgIpc) is 2.93. The van der Waals surface area contributed by atoms with Crippen LogP contribution in [0, 0.1) is 12.8 Å². The van der Waals surface area contributed by atoms with Crippen LogP contribution in [0.1, 0.15) is 59.2 Å². The van der Waals surface area contributed by atoms with E-state index in [4.69, 9.17) is 18.9 Å². The number of aromatic nitrogens is 1. The van der Waals surface area contributed by atoms with Gasteiger partial charge in [-0.15, -0.1) is 0 Å². The third-order valence-corrected chi connectivity index (χ3v) is 7.26. The molecular formula is C31H47NO8. The van der Waals surface area contributed by atoms with E-state index in [1.165, 1.54) is 14.2 Å². The summed E-state index contributed by atoms with van der Waals surface area (Å²) < 4.78 is 22.6. The van der Waals surface area contributed by atoms with Gasteiger partial charge < -0.3 is 39.4 Å². The lowest BCUT2D eigenvalue weighted by molar-refractivity contribution is -0.268. The predicted octanol–water partition coefficient (Wildman–Crippen LogP) is 3.96. The van der Waals surface area contributed by atoms with Gasteiger partial charge in [0.25, 0.3) is 5.88 Å². The molecule has 40 heavy (non-hydrogen) atoms. The minimum Gasteiger partial charge on any atom is -0.489 e. The molecule has 1 aromatic heterocycles. The number of ether oxygens (including phenoxy) is 4. The second-order valence-corrected chi connectivity index (χ2v) is 10.5. The highest BCUT2D eigenvalue weighted by Gasteiger charge is 2.43. The first-order valence-electron chi connectivity index (χ1n) is 13.6. The van der Waals surface area contributed by atoms with Crippen LogP contribution in [0.3, 0.4) is 0 Å². The van der Waals surface area contributed by atoms with Crippen molar-refractivity contribution in [1.82, 2.24) is 4.98 Å². The molecule has 0 saturated carbocycles. The highest BCUT2D eigenvalue weighted by molar-refractivity contribution is 5.54. The Labute approximate surface area is 238 Å². The van der Waals surface area contributed by atoms with Crippen molar-refractivity contribution in [2.75, 3.05) is 14.2 Å². The van der Waals surface area contributed by atoms with Gasteiger partial charge in [0.1, 0.15) is 18.3 Å². The van der Waals surface area contributed by atoms with E-state index in [0.29, 0.717) is 17.7 Å². The Morgan fingerprint density at radius 2 is 1.73 bits per heavy atom. The Balaban J connectivity index is 2.20. The average molecular weight is 562 g/mol. The zero-order chi connectivity index (χ0) is 30.1. The van der Waals surface area contributed by atoms with Gasteiger partial charge in [-0.2, -0.15) is 0 Å². The molecule has 0 amide bonds. The maximum Gasteiger partial charge on any atom is 0.261 e. The normalized spacial score (nSPS) is 26.1. The van der Waals surface area contributed by atoms with Crippen molar-refractivity contribution in [1.29, 1.82) is 0 Å². The number of aliphatic hydroxyl groups is 4. The van der Waals surface area contributed by atoms with E-state index in [1.54, 1.807) is 6.92 Å². The zero-order valence-corrected chi connectivity index (χ0v) is 25.2. The van der Waals surface area contributed by atoms with Crippen LogP contribution in [0.2, 0.25) is 0 Å². The molecular weight excluding hydrogens is 514 g/mol. The Bertz CT molecular complexity index is 1110. The highest BCUT2D eigenvalue weighted by atomic mass is 16.7. The molecule has 9 nitrogen and oxygen atoms in total. The number of pyridine rings is 1. The molecule has 9 heteroatoms. The number of nitrogens with zero attached hydrogens (tertiary/aromatic N) is 1. The summed E-state index contributed by atoms with van der Waals surface area (Å²) >= 11 is 0. The molecule has 1 fully saturated rings. The second-order valence-electron chi connectivity index (χ2n) is 10.5. The van der Waals surface area contributed by atoms with Crippen molar-refractivity contribution in [2.45, 2.75) is 98.1 Å². The number of methoxy groups -OCH3 is 2. The Hall–Kier alpha value is -2.69. The SMILES string of the molecule is CC=C(C)[C@@H](O)[C@@H](C)C=C(C)C=CCC(C)=CCc1nc(OC)c(OC)c(O[C@H]2O[C@@H](C)[C@H](O)[C@@H](O)[C@H]2O)c1C. The summed E-state index contributed by atoms with van der Waals surface area (Å²) in [6, 6.07) is 0. The number of allylic oxidation sites excluding steroid dienone is 6. The zero-order valence-electron chi connectivity index (χ0n) is 25.2. The molecule has 224 valence electrons. The van der Waals surface area contributed by atoms with E-state index < -0.39 is 36.8 Å². The van der Waals surface area contributed by atoms with Crippen LogP contribution in [0.15, 0.2) is 47.1 Å². The summed E-state index contributed by atoms with van der Waals surface area (Å²) in [5.74, 6) is 0.751. The van der Waals surface area contributed by atoms with Crippen LogP contribution < -0.4 is 14.2 Å². The van der Waals surface area contributed by atoms with Crippen LogP contribution in [0.5, 0.6) is 17.4 Å². The molecule has 4 N–H and O–H groups in total. The minimum atomic E-state index is -1.47. The van der Waals surface area contributed by atoms with Crippen molar-refractivity contribution >= 4 is 0 Å². The van der Waals surface area contributed by atoms with Gasteiger partial charge in [0.05, 0.1) is 32.1 Å². The maximum absolute atomic E-state index is 10.5. The molecule has 0 aliphatic carbocycles. The monoisotopic (exact) mass is 561 g/mol. The summed E-state index contributed by atoms with van der Waals surface area (Å²) in [6.07, 6.45) is 4.85. The van der Waals surface area contributed by atoms with Crippen LogP contribution in [-0.2, 0) is 11.2 Å². The highest BCUT2D eigenvalue weighted by Crippen LogP contribution is 2.41. The first-order valence-corrected chi connectivity index (χ1v) is 13.6. The molecule has 7 atom stereocenters. The smallest absolute Gasteiger partial charge is 0.261 e. The standard InChI is InChI=1S/C31H47NO8/c1-10-19(4)24(33)20(5)16-18(3)13-11-12-17(2)14-15-23-21(6)28(29(37-8)30(32-23)38-9)40-31-27(36)26(35)25(34)22(7)39-31/h10-11,13-14,16,20,22,24-27,31,33-36H,12,15H2,1-9H3/t20-,22-,24+,25-,26+,27+,31+/m0/s1. The molecule has 0 unspecified atom stereocenters. The van der Waals surface area contributed by atoms with Gasteiger partial charge in [0.2, 0.25) is 12.0 Å². The summed E-state index contributed by atoms with van der Waals surface area (Å²) in [7, 11) is 2.93. The van der Waals surface area contributed by atoms with Crippen LogP contribution in [0.4, 0.5) is 0 Å². The van der Waals surface area contributed by atoms with Gasteiger partial charge in [0, 0.05) is 17.9 Å². The molecule has 0 bridgehead atoms. The van der Waals surface area contributed by atoms with E-state index in [9.17, 15) is 20.4 Å². The summed E-state index contributed by atoms with van der Waals surface area (Å²) in [5, 5.41) is 41.0. The molecule has 2 rings (SSSR count). The number of hydrogen-bond acceptors (Lipinski definition) is 9. The van der Waals surface area contributed by atoms with Crippen LogP contribution >= 0.6 is 0 Å². The molecule has 2 heterocycles.